The number of nitrogens with zero attached hydrogens (tertiary/aromatic N) is 4. The van der Waals surface area contributed by atoms with E-state index in [0.717, 1.165) is 27.2 Å². The topological polar surface area (TPSA) is 69.4 Å². The van der Waals surface area contributed by atoms with E-state index in [2.05, 4.69) is 15.3 Å². The minimum Gasteiger partial charge on any atom is -0.496 e. The molecule has 0 aliphatic rings. The Kier molecular flexibility index (Phi) is 3.15. The number of halogens is 1. The fraction of sp³-hybridized carbons (Fsp3) is 0.167. The highest BCUT2D eigenvalue weighted by atomic mass is 35.5. The van der Waals surface area contributed by atoms with Crippen LogP contribution in [0.5, 0.6) is 5.75 Å². The quantitative estimate of drug-likeness (QED) is 0.726. The summed E-state index contributed by atoms with van der Waals surface area (Å²) in [6, 6.07) is 5.37. The fourth-order valence-electron chi connectivity index (χ4n) is 1.90. The summed E-state index contributed by atoms with van der Waals surface area (Å²) in [5.74, 6) is 0.750. The second-order valence-corrected chi connectivity index (χ2v) is 5.63. The zero-order valence-corrected chi connectivity index (χ0v) is 12.2. The minimum atomic E-state index is -0.345. The molecule has 0 spiro atoms. The van der Waals surface area contributed by atoms with Crippen molar-refractivity contribution in [1.82, 2.24) is 19.8 Å². The second kappa shape index (κ2) is 4.84. The van der Waals surface area contributed by atoms with Gasteiger partial charge in [0.2, 0.25) is 9.43 Å². The van der Waals surface area contributed by atoms with Crippen LogP contribution in [0.3, 0.4) is 0 Å². The molecule has 0 radical (unpaired) electrons. The lowest BCUT2D eigenvalue weighted by Crippen LogP contribution is -2.19. The lowest BCUT2D eigenvalue weighted by molar-refractivity contribution is 0.412. The Labute approximate surface area is 122 Å². The Hall–Kier alpha value is -1.99. The normalized spacial score (nSPS) is 10.9. The average Bonchev–Trinajstić information content (AvgIpc) is 2.81. The summed E-state index contributed by atoms with van der Waals surface area (Å²) in [5.41, 5.74) is 1.46. The van der Waals surface area contributed by atoms with Gasteiger partial charge in [-0.3, -0.25) is 4.79 Å². The van der Waals surface area contributed by atoms with Gasteiger partial charge in [0, 0.05) is 5.56 Å². The summed E-state index contributed by atoms with van der Waals surface area (Å²) >= 11 is 6.88. The van der Waals surface area contributed by atoms with Crippen molar-refractivity contribution in [3.63, 3.8) is 0 Å². The Bertz CT molecular complexity index is 858. The van der Waals surface area contributed by atoms with Crippen LogP contribution in [-0.2, 0) is 0 Å². The van der Waals surface area contributed by atoms with E-state index in [4.69, 9.17) is 16.3 Å². The molecule has 0 aliphatic carbocycles. The molecule has 0 unspecified atom stereocenters. The highest BCUT2D eigenvalue weighted by Gasteiger charge is 2.13. The minimum absolute atomic E-state index is 0.232. The van der Waals surface area contributed by atoms with Crippen molar-refractivity contribution in [3.05, 3.63) is 38.6 Å². The number of methoxy groups -OCH3 is 1. The monoisotopic (exact) mass is 308 g/mol. The maximum absolute atomic E-state index is 12.3. The van der Waals surface area contributed by atoms with E-state index in [1.807, 2.05) is 13.0 Å². The maximum Gasteiger partial charge on any atom is 0.302 e. The third-order valence-corrected chi connectivity index (χ3v) is 3.83. The predicted octanol–water partition coefficient (Wildman–Crippen LogP) is 2.18. The second-order valence-electron chi connectivity index (χ2n) is 4.09. The SMILES string of the molecule is COc1ccc(-c2nnc3sc(Cl)nn3c2=O)cc1C. The molecule has 0 N–H and O–H groups in total. The molecule has 0 aliphatic heterocycles. The van der Waals surface area contributed by atoms with E-state index >= 15 is 0 Å². The van der Waals surface area contributed by atoms with Crippen LogP contribution in [0.25, 0.3) is 16.2 Å². The van der Waals surface area contributed by atoms with Gasteiger partial charge in [-0.1, -0.05) is 11.3 Å². The average molecular weight is 309 g/mol. The number of hydrogen-bond donors (Lipinski definition) is 0. The largest absolute Gasteiger partial charge is 0.496 e. The molecule has 1 aromatic carbocycles. The summed E-state index contributed by atoms with van der Waals surface area (Å²) < 4.78 is 6.60. The standard InChI is InChI=1S/C12H9ClN4O2S/c1-6-5-7(3-4-8(6)19-2)9-10(18)17-12(15-14-9)20-11(13)16-17/h3-5H,1-2H3. The summed E-state index contributed by atoms with van der Waals surface area (Å²) in [7, 11) is 1.60. The predicted molar refractivity (Wildman–Crippen MR) is 76.7 cm³/mol. The molecule has 8 heteroatoms. The molecule has 0 saturated heterocycles. The van der Waals surface area contributed by atoms with Crippen molar-refractivity contribution in [2.75, 3.05) is 7.11 Å². The lowest BCUT2D eigenvalue weighted by Gasteiger charge is -2.06. The van der Waals surface area contributed by atoms with Gasteiger partial charge in [0.25, 0.3) is 0 Å². The zero-order valence-electron chi connectivity index (χ0n) is 10.6. The van der Waals surface area contributed by atoms with Crippen LogP contribution in [0.1, 0.15) is 5.56 Å². The molecule has 0 fully saturated rings. The first kappa shape index (κ1) is 13.0. The van der Waals surface area contributed by atoms with E-state index in [-0.39, 0.29) is 15.7 Å². The van der Waals surface area contributed by atoms with Crippen molar-refractivity contribution in [2.45, 2.75) is 6.92 Å². The number of fused-ring (bicyclic) bond motifs is 1. The number of hydrogen-bond acceptors (Lipinski definition) is 6. The molecule has 6 nitrogen and oxygen atoms in total. The van der Waals surface area contributed by atoms with Gasteiger partial charge in [-0.15, -0.1) is 15.3 Å². The van der Waals surface area contributed by atoms with Crippen LogP contribution in [-0.4, -0.2) is 26.9 Å². The number of rotatable bonds is 2. The van der Waals surface area contributed by atoms with Crippen LogP contribution in [0, 0.1) is 6.92 Å². The number of aromatic nitrogens is 4. The molecule has 0 saturated carbocycles. The van der Waals surface area contributed by atoms with Gasteiger partial charge in [0.15, 0.2) is 5.69 Å². The first-order valence-corrected chi connectivity index (χ1v) is 6.86. The van der Waals surface area contributed by atoms with Crippen molar-refractivity contribution in [3.8, 4) is 17.0 Å². The maximum atomic E-state index is 12.3. The molecular weight excluding hydrogens is 300 g/mol. The van der Waals surface area contributed by atoms with E-state index in [9.17, 15) is 4.79 Å². The van der Waals surface area contributed by atoms with Gasteiger partial charge in [-0.2, -0.15) is 4.52 Å². The van der Waals surface area contributed by atoms with Gasteiger partial charge in [0.05, 0.1) is 7.11 Å². The van der Waals surface area contributed by atoms with Crippen LogP contribution < -0.4 is 10.3 Å². The summed E-state index contributed by atoms with van der Waals surface area (Å²) in [6.07, 6.45) is 0. The molecule has 2 heterocycles. The van der Waals surface area contributed by atoms with E-state index in [1.54, 1.807) is 19.2 Å². The Morgan fingerprint density at radius 3 is 2.85 bits per heavy atom. The van der Waals surface area contributed by atoms with E-state index in [0.29, 0.717) is 10.5 Å². The van der Waals surface area contributed by atoms with Crippen molar-refractivity contribution < 1.29 is 4.74 Å². The summed E-state index contributed by atoms with van der Waals surface area (Å²) in [5, 5.41) is 11.9. The highest BCUT2D eigenvalue weighted by Crippen LogP contribution is 2.23. The van der Waals surface area contributed by atoms with Crippen LogP contribution in [0.4, 0.5) is 0 Å². The van der Waals surface area contributed by atoms with Crippen molar-refractivity contribution in [1.29, 1.82) is 0 Å². The first-order chi connectivity index (χ1) is 9.60. The Morgan fingerprint density at radius 1 is 1.35 bits per heavy atom. The van der Waals surface area contributed by atoms with Crippen molar-refractivity contribution >= 4 is 27.9 Å². The van der Waals surface area contributed by atoms with E-state index in [1.165, 1.54) is 0 Å². The summed E-state index contributed by atoms with van der Waals surface area (Å²) in [4.78, 5) is 12.7. The van der Waals surface area contributed by atoms with Gasteiger partial charge in [-0.05, 0) is 42.3 Å². The first-order valence-electron chi connectivity index (χ1n) is 5.67. The molecule has 102 valence electrons. The molecule has 3 aromatic rings. The van der Waals surface area contributed by atoms with Crippen molar-refractivity contribution in [2.24, 2.45) is 0 Å². The van der Waals surface area contributed by atoms with E-state index < -0.39 is 0 Å². The van der Waals surface area contributed by atoms with Gasteiger partial charge >= 0.3 is 5.56 Å². The molecular formula is C12H9ClN4O2S. The third-order valence-electron chi connectivity index (χ3n) is 2.83. The van der Waals surface area contributed by atoms with Gasteiger partial charge < -0.3 is 4.74 Å². The Morgan fingerprint density at radius 2 is 2.15 bits per heavy atom. The Balaban J connectivity index is 2.21. The van der Waals surface area contributed by atoms with Gasteiger partial charge in [0.1, 0.15) is 5.75 Å². The number of benzene rings is 1. The highest BCUT2D eigenvalue weighted by molar-refractivity contribution is 7.20. The number of aryl methyl sites for hydroxylation is 1. The van der Waals surface area contributed by atoms with Crippen LogP contribution >= 0.6 is 22.9 Å². The zero-order chi connectivity index (χ0) is 14.3. The van der Waals surface area contributed by atoms with Crippen LogP contribution in [0.2, 0.25) is 4.47 Å². The molecule has 2 aromatic heterocycles. The third kappa shape index (κ3) is 2.04. The molecule has 3 rings (SSSR count). The fourth-order valence-corrected chi connectivity index (χ4v) is 2.75. The smallest absolute Gasteiger partial charge is 0.302 e. The molecule has 20 heavy (non-hydrogen) atoms. The van der Waals surface area contributed by atoms with Crippen LogP contribution in [0.15, 0.2) is 23.0 Å². The number of ether oxygens (including phenoxy) is 1. The molecule has 0 amide bonds. The van der Waals surface area contributed by atoms with Gasteiger partial charge in [-0.25, -0.2) is 0 Å². The molecule has 0 atom stereocenters. The lowest BCUT2D eigenvalue weighted by atomic mass is 10.1. The summed E-state index contributed by atoms with van der Waals surface area (Å²) in [6.45, 7) is 1.89. The molecule has 0 bridgehead atoms.